The largest absolute Gasteiger partial charge is 0.351 e. The monoisotopic (exact) mass is 75.1 g/mol. The van der Waals surface area contributed by atoms with Gasteiger partial charge in [0.25, 0.3) is 0 Å². The first kappa shape index (κ1) is 4.47. The lowest BCUT2D eigenvalue weighted by molar-refractivity contribution is -0.115. The van der Waals surface area contributed by atoms with Crippen molar-refractivity contribution in [3.05, 3.63) is 0 Å². The van der Waals surface area contributed by atoms with Gasteiger partial charge in [-0.25, -0.2) is 0 Å². The Labute approximate surface area is 31.4 Å². The lowest BCUT2D eigenvalue weighted by atomic mass is 11.3. The van der Waals surface area contributed by atoms with E-state index in [1.54, 1.807) is 14.1 Å². The number of nitrogens with zero attached hydrogens (tertiary/aromatic N) is 1. The minimum Gasteiger partial charge on any atom is -0.351 e. The molecule has 0 saturated heterocycles. The van der Waals surface area contributed by atoms with Gasteiger partial charge in [-0.05, 0) is 0 Å². The molecule has 30 valence electrons. The summed E-state index contributed by atoms with van der Waals surface area (Å²) in [6.45, 7) is 0. The van der Waals surface area contributed by atoms with Crippen LogP contribution in [-0.4, -0.2) is 25.4 Å². The maximum absolute atomic E-state index is 9.43. The lowest BCUT2D eigenvalue weighted by Gasteiger charge is -1.93. The number of rotatable bonds is 1. The molecule has 1 amide bonds. The average molecular weight is 75.1 g/mol. The third-order valence-corrected chi connectivity index (χ3v) is 0.211. The van der Waals surface area contributed by atoms with Crippen LogP contribution in [-0.2, 0) is 4.79 Å². The predicted octanol–water partition coefficient (Wildman–Crippen LogP) is -0.296. The van der Waals surface area contributed by atoms with Gasteiger partial charge in [-0.1, -0.05) is 0 Å². The van der Waals surface area contributed by atoms with Gasteiger partial charge < -0.3 is 4.90 Å². The number of hydrogen-bond acceptors (Lipinski definition) is 1. The molecule has 0 aliphatic carbocycles. The molecule has 2 nitrogen and oxygen atoms in total. The molecule has 0 aliphatic heterocycles. The molecule has 0 spiro atoms. The van der Waals surface area contributed by atoms with E-state index in [2.05, 4.69) is 0 Å². The van der Waals surface area contributed by atoms with Crippen LogP contribution in [0.15, 0.2) is 0 Å². The van der Waals surface area contributed by atoms with Gasteiger partial charge >= 0.3 is 0 Å². The molecule has 0 rings (SSSR count). The predicted molar refractivity (Wildman–Crippen MR) is 19.8 cm³/mol. The summed E-state index contributed by atoms with van der Waals surface area (Å²) in [6, 6.07) is 0. The zero-order chi connectivity index (χ0) is 4.28. The molecular formula is C3H7NO. The molecule has 0 saturated carbocycles. The van der Waals surface area contributed by atoms with E-state index >= 15 is 0 Å². The van der Waals surface area contributed by atoms with Gasteiger partial charge in [0.15, 0.2) is 0 Å². The molecule has 0 heterocycles. The number of hydrogen-bond donors (Lipinski definition) is 0. The highest BCUT2D eigenvalue weighted by molar-refractivity contribution is 5.45. The van der Waals surface area contributed by atoms with Crippen molar-refractivity contribution in [2.45, 2.75) is 0 Å². The quantitative estimate of drug-likeness (QED) is 0.309. The van der Waals surface area contributed by atoms with Crippen molar-refractivity contribution in [3.63, 3.8) is 0 Å². The van der Waals surface area contributed by atoms with Crippen molar-refractivity contribution in [1.82, 2.24) is 4.90 Å². The Kier molecular flexibility index (Phi) is 1.57. The van der Waals surface area contributed by atoms with Crippen LogP contribution in [0.5, 0.6) is 0 Å². The van der Waals surface area contributed by atoms with E-state index in [-0.39, 0.29) is 0 Å². The van der Waals surface area contributed by atoms with Crippen molar-refractivity contribution >= 4 is 6.41 Å². The van der Waals surface area contributed by atoms with Gasteiger partial charge in [0, 0.05) is 14.1 Å². The molecule has 5 heavy (non-hydrogen) atoms. The molecule has 0 aliphatic rings. The first-order valence-electron chi connectivity index (χ1n) is 1.39. The fourth-order valence-corrected chi connectivity index (χ4v) is 0. The standard InChI is InChI=1S/C3H7NO/c1-4(2)3-5/h3H,1-2H3/i1+1,2+1. The van der Waals surface area contributed by atoms with Gasteiger partial charge in [0.1, 0.15) is 0 Å². The summed E-state index contributed by atoms with van der Waals surface area (Å²) in [5.74, 6) is 0. The highest BCUT2D eigenvalue weighted by Gasteiger charge is 1.68. The van der Waals surface area contributed by atoms with Crippen molar-refractivity contribution in [2.75, 3.05) is 14.1 Å². The molecular weight excluding hydrogens is 68.0 g/mol. The first-order valence-corrected chi connectivity index (χ1v) is 1.39. The van der Waals surface area contributed by atoms with Crippen LogP contribution < -0.4 is 0 Å². The van der Waals surface area contributed by atoms with Gasteiger partial charge in [0.2, 0.25) is 6.41 Å². The molecule has 0 N–H and O–H groups in total. The smallest absolute Gasteiger partial charge is 0.209 e. The van der Waals surface area contributed by atoms with E-state index in [1.807, 2.05) is 0 Å². The van der Waals surface area contributed by atoms with Crippen LogP contribution in [0.25, 0.3) is 0 Å². The summed E-state index contributed by atoms with van der Waals surface area (Å²) in [7, 11) is 3.38. The molecule has 0 atom stereocenters. The second-order valence-corrected chi connectivity index (χ2v) is 1.07. The van der Waals surface area contributed by atoms with E-state index in [4.69, 9.17) is 0 Å². The number of carbonyl (C=O) groups excluding carboxylic acids is 1. The minimum atomic E-state index is 0.750. The Morgan fingerprint density at radius 3 is 1.80 bits per heavy atom. The minimum absolute atomic E-state index is 0.750. The molecule has 0 fully saturated rings. The van der Waals surface area contributed by atoms with Gasteiger partial charge in [-0.15, -0.1) is 0 Å². The number of amides is 1. The Hall–Kier alpha value is -0.530. The second kappa shape index (κ2) is 1.76. The van der Waals surface area contributed by atoms with Crippen molar-refractivity contribution in [2.24, 2.45) is 0 Å². The van der Waals surface area contributed by atoms with Gasteiger partial charge in [0.05, 0.1) is 0 Å². The SMILES string of the molecule is [13CH3]N([13CH3])C=O. The average Bonchev–Trinajstić information content (AvgIpc) is 1.38. The van der Waals surface area contributed by atoms with Gasteiger partial charge in [-0.3, -0.25) is 4.79 Å². The summed E-state index contributed by atoms with van der Waals surface area (Å²) in [6.07, 6.45) is 0.750. The third kappa shape index (κ3) is 3.47. The molecule has 0 aromatic carbocycles. The fourth-order valence-electron chi connectivity index (χ4n) is 0. The summed E-state index contributed by atoms with van der Waals surface area (Å²) in [4.78, 5) is 10.9. The normalized spacial score (nSPS) is 6.80. The molecule has 2 heteroatoms. The van der Waals surface area contributed by atoms with E-state index in [9.17, 15) is 4.79 Å². The summed E-state index contributed by atoms with van der Waals surface area (Å²) >= 11 is 0. The molecule has 0 unspecified atom stereocenters. The second-order valence-electron chi connectivity index (χ2n) is 1.07. The highest BCUT2D eigenvalue weighted by Crippen LogP contribution is 1.52. The Morgan fingerprint density at radius 2 is 1.80 bits per heavy atom. The molecule has 0 radical (unpaired) electrons. The summed E-state index contributed by atoms with van der Waals surface area (Å²) in [5.41, 5.74) is 0. The zero-order valence-electron chi connectivity index (χ0n) is 3.43. The van der Waals surface area contributed by atoms with Crippen LogP contribution in [0.1, 0.15) is 0 Å². The lowest BCUT2D eigenvalue weighted by Crippen LogP contribution is -2.06. The third-order valence-electron chi connectivity index (χ3n) is 0.211. The van der Waals surface area contributed by atoms with E-state index < -0.39 is 0 Å². The zero-order valence-corrected chi connectivity index (χ0v) is 3.43. The molecule has 0 aromatic rings. The van der Waals surface area contributed by atoms with E-state index in [0.717, 1.165) is 6.41 Å². The Bertz CT molecular complexity index is 33.9. The van der Waals surface area contributed by atoms with Crippen LogP contribution >= 0.6 is 0 Å². The van der Waals surface area contributed by atoms with E-state index in [0.29, 0.717) is 0 Å². The maximum Gasteiger partial charge on any atom is 0.209 e. The van der Waals surface area contributed by atoms with Crippen molar-refractivity contribution in [3.8, 4) is 0 Å². The van der Waals surface area contributed by atoms with Crippen LogP contribution in [0.4, 0.5) is 0 Å². The topological polar surface area (TPSA) is 20.3 Å². The van der Waals surface area contributed by atoms with Crippen molar-refractivity contribution < 1.29 is 4.79 Å². The highest BCUT2D eigenvalue weighted by atomic mass is 16.1. The van der Waals surface area contributed by atoms with Crippen LogP contribution in [0.2, 0.25) is 0 Å². The maximum atomic E-state index is 9.43. The molecule has 0 bridgehead atoms. The van der Waals surface area contributed by atoms with E-state index in [1.165, 1.54) is 4.90 Å². The summed E-state index contributed by atoms with van der Waals surface area (Å²) in [5, 5.41) is 0. The van der Waals surface area contributed by atoms with Crippen LogP contribution in [0.3, 0.4) is 0 Å². The Balaban J connectivity index is 2.83. The van der Waals surface area contributed by atoms with Crippen molar-refractivity contribution in [1.29, 1.82) is 0 Å². The van der Waals surface area contributed by atoms with Gasteiger partial charge in [-0.2, -0.15) is 0 Å². The fraction of sp³-hybridized carbons (Fsp3) is 0.667. The molecule has 0 aromatic heterocycles. The van der Waals surface area contributed by atoms with Crippen LogP contribution in [0, 0.1) is 0 Å². The number of carbonyl (C=O) groups is 1. The Morgan fingerprint density at radius 1 is 1.60 bits per heavy atom. The first-order chi connectivity index (χ1) is 2.27. The summed E-state index contributed by atoms with van der Waals surface area (Å²) < 4.78 is 0.